The van der Waals surface area contributed by atoms with E-state index in [1.165, 1.54) is 0 Å². The summed E-state index contributed by atoms with van der Waals surface area (Å²) in [6.07, 6.45) is 0. The van der Waals surface area contributed by atoms with Gasteiger partial charge in [0.25, 0.3) is 14.7 Å². The Balaban J connectivity index is 3.55. The molecular formula is C11H11Cl2NO6S. The van der Waals surface area contributed by atoms with Gasteiger partial charge in [0.05, 0.1) is 15.5 Å². The molecule has 0 aliphatic rings. The summed E-state index contributed by atoms with van der Waals surface area (Å²) in [4.78, 5) is 21.2. The van der Waals surface area contributed by atoms with Crippen LogP contribution in [0.15, 0.2) is 17.0 Å². The summed E-state index contributed by atoms with van der Waals surface area (Å²) in [7, 11) is 0.802. The van der Waals surface area contributed by atoms with Crippen LogP contribution in [0.5, 0.6) is 0 Å². The van der Waals surface area contributed by atoms with Crippen LogP contribution in [0.1, 0.15) is 31.1 Å². The summed E-state index contributed by atoms with van der Waals surface area (Å²) in [6.45, 7) is 4.74. The molecule has 0 radical (unpaired) electrons. The Morgan fingerprint density at radius 1 is 1.33 bits per heavy atom. The minimum Gasteiger partial charge on any atom is -0.456 e. The van der Waals surface area contributed by atoms with E-state index in [2.05, 4.69) is 0 Å². The molecule has 0 aromatic heterocycles. The van der Waals surface area contributed by atoms with Gasteiger partial charge in [-0.1, -0.05) is 11.6 Å². The standard InChI is InChI=1S/C11H11Cl2NO6S/c1-11(2,3)20-10(15)7-4-6(14(16)17)5-8(9(7)12)21(13,18)19/h4-5H,1-3H3. The number of halogens is 2. The topological polar surface area (TPSA) is 104 Å². The van der Waals surface area contributed by atoms with Crippen LogP contribution < -0.4 is 0 Å². The molecule has 21 heavy (non-hydrogen) atoms. The zero-order chi connectivity index (χ0) is 16.6. The molecule has 1 rings (SSSR count). The highest BCUT2D eigenvalue weighted by molar-refractivity contribution is 8.13. The average Bonchev–Trinajstić information content (AvgIpc) is 2.24. The molecule has 7 nitrogen and oxygen atoms in total. The molecule has 10 heteroatoms. The predicted octanol–water partition coefficient (Wildman–Crippen LogP) is 3.13. The average molecular weight is 356 g/mol. The van der Waals surface area contributed by atoms with Crippen molar-refractivity contribution >= 4 is 43.0 Å². The second kappa shape index (κ2) is 5.78. The van der Waals surface area contributed by atoms with Crippen LogP contribution in [0, 0.1) is 10.1 Å². The molecular weight excluding hydrogens is 345 g/mol. The van der Waals surface area contributed by atoms with Crippen molar-refractivity contribution in [1.29, 1.82) is 0 Å². The molecule has 0 bridgehead atoms. The lowest BCUT2D eigenvalue weighted by molar-refractivity contribution is -0.385. The number of esters is 1. The van der Waals surface area contributed by atoms with E-state index in [1.807, 2.05) is 0 Å². The molecule has 0 aliphatic heterocycles. The Morgan fingerprint density at radius 2 is 1.86 bits per heavy atom. The van der Waals surface area contributed by atoms with E-state index in [4.69, 9.17) is 27.0 Å². The number of benzene rings is 1. The molecule has 0 unspecified atom stereocenters. The quantitative estimate of drug-likeness (QED) is 0.357. The second-order valence-corrected chi connectivity index (χ2v) is 7.91. The highest BCUT2D eigenvalue weighted by Crippen LogP contribution is 2.33. The Kier molecular flexibility index (Phi) is 4.87. The summed E-state index contributed by atoms with van der Waals surface area (Å²) in [5, 5.41) is 10.3. The van der Waals surface area contributed by atoms with Crippen LogP contribution in [0.4, 0.5) is 5.69 Å². The third-order valence-electron chi connectivity index (χ3n) is 2.12. The van der Waals surface area contributed by atoms with Crippen molar-refractivity contribution in [3.63, 3.8) is 0 Å². The molecule has 0 heterocycles. The minimum atomic E-state index is -4.36. The minimum absolute atomic E-state index is 0.444. The van der Waals surface area contributed by atoms with Gasteiger partial charge in [0.15, 0.2) is 0 Å². The Morgan fingerprint density at radius 3 is 2.24 bits per heavy atom. The molecule has 0 spiro atoms. The first-order chi connectivity index (χ1) is 9.33. The van der Waals surface area contributed by atoms with Crippen molar-refractivity contribution in [2.24, 2.45) is 0 Å². The fourth-order valence-corrected chi connectivity index (χ4v) is 2.91. The highest BCUT2D eigenvalue weighted by Gasteiger charge is 2.28. The first-order valence-electron chi connectivity index (χ1n) is 5.49. The Labute approximate surface area is 130 Å². The molecule has 0 amide bonds. The van der Waals surface area contributed by atoms with E-state index in [0.29, 0.717) is 6.07 Å². The summed E-state index contributed by atoms with van der Waals surface area (Å²) >= 11 is 5.81. The summed E-state index contributed by atoms with van der Waals surface area (Å²) in [5.41, 5.74) is -1.97. The predicted molar refractivity (Wildman–Crippen MR) is 76.3 cm³/mol. The Bertz CT molecular complexity index is 708. The lowest BCUT2D eigenvalue weighted by atomic mass is 10.1. The van der Waals surface area contributed by atoms with Gasteiger partial charge in [-0.15, -0.1) is 0 Å². The van der Waals surface area contributed by atoms with E-state index in [0.717, 1.165) is 6.07 Å². The van der Waals surface area contributed by atoms with Gasteiger partial charge >= 0.3 is 5.97 Å². The van der Waals surface area contributed by atoms with Gasteiger partial charge in [-0.3, -0.25) is 10.1 Å². The molecule has 0 atom stereocenters. The van der Waals surface area contributed by atoms with E-state index >= 15 is 0 Å². The van der Waals surface area contributed by atoms with Crippen LogP contribution in [0.2, 0.25) is 5.02 Å². The number of nitrogens with zero attached hydrogens (tertiary/aromatic N) is 1. The summed E-state index contributed by atoms with van der Waals surface area (Å²) in [6, 6.07) is 1.51. The lowest BCUT2D eigenvalue weighted by Crippen LogP contribution is -2.24. The fraction of sp³-hybridized carbons (Fsp3) is 0.364. The number of ether oxygens (including phenoxy) is 1. The van der Waals surface area contributed by atoms with E-state index < -0.39 is 46.7 Å². The maximum absolute atomic E-state index is 12.0. The maximum atomic E-state index is 12.0. The highest BCUT2D eigenvalue weighted by atomic mass is 35.7. The van der Waals surface area contributed by atoms with Gasteiger partial charge in [0, 0.05) is 22.8 Å². The maximum Gasteiger partial charge on any atom is 0.340 e. The van der Waals surface area contributed by atoms with Crippen LogP contribution in [0.3, 0.4) is 0 Å². The molecule has 1 aromatic rings. The number of nitro benzene ring substituents is 1. The number of carbonyl (C=O) groups excluding carboxylic acids is 1. The zero-order valence-electron chi connectivity index (χ0n) is 11.2. The van der Waals surface area contributed by atoms with Crippen molar-refractivity contribution in [2.75, 3.05) is 0 Å². The SMILES string of the molecule is CC(C)(C)OC(=O)c1cc([N+](=O)[O-])cc(S(=O)(=O)Cl)c1Cl. The zero-order valence-corrected chi connectivity index (χ0v) is 13.5. The van der Waals surface area contributed by atoms with Crippen molar-refractivity contribution < 1.29 is 22.9 Å². The molecule has 116 valence electrons. The first-order valence-corrected chi connectivity index (χ1v) is 8.17. The largest absolute Gasteiger partial charge is 0.456 e. The Hall–Kier alpha value is -1.38. The number of non-ortho nitro benzene ring substituents is 1. The van der Waals surface area contributed by atoms with Gasteiger partial charge in [-0.25, -0.2) is 13.2 Å². The number of hydrogen-bond donors (Lipinski definition) is 0. The third-order valence-corrected chi connectivity index (χ3v) is 3.98. The summed E-state index contributed by atoms with van der Waals surface area (Å²) < 4.78 is 27.8. The second-order valence-electron chi connectivity index (χ2n) is 5.00. The molecule has 0 fully saturated rings. The molecule has 0 saturated carbocycles. The van der Waals surface area contributed by atoms with Gasteiger partial charge in [0.1, 0.15) is 10.5 Å². The van der Waals surface area contributed by atoms with Crippen LogP contribution in [0.25, 0.3) is 0 Å². The number of hydrogen-bond acceptors (Lipinski definition) is 6. The lowest BCUT2D eigenvalue weighted by Gasteiger charge is -2.20. The third kappa shape index (κ3) is 4.55. The van der Waals surface area contributed by atoms with Crippen LogP contribution in [-0.4, -0.2) is 24.9 Å². The number of nitro groups is 1. The van der Waals surface area contributed by atoms with Gasteiger partial charge in [-0.05, 0) is 20.8 Å². The monoisotopic (exact) mass is 355 g/mol. The number of rotatable bonds is 3. The molecule has 0 N–H and O–H groups in total. The van der Waals surface area contributed by atoms with Gasteiger partial charge in [0.2, 0.25) is 0 Å². The van der Waals surface area contributed by atoms with Gasteiger partial charge < -0.3 is 4.74 Å². The number of carbonyl (C=O) groups is 1. The van der Waals surface area contributed by atoms with Crippen molar-refractivity contribution in [1.82, 2.24) is 0 Å². The van der Waals surface area contributed by atoms with Crippen molar-refractivity contribution in [3.05, 3.63) is 32.8 Å². The van der Waals surface area contributed by atoms with Crippen LogP contribution >= 0.6 is 22.3 Å². The fourth-order valence-electron chi connectivity index (χ4n) is 1.35. The van der Waals surface area contributed by atoms with Crippen LogP contribution in [-0.2, 0) is 13.8 Å². The molecule has 1 aromatic carbocycles. The first kappa shape index (κ1) is 17.7. The summed E-state index contributed by atoms with van der Waals surface area (Å²) in [5.74, 6) is -0.988. The molecule has 0 saturated heterocycles. The van der Waals surface area contributed by atoms with Gasteiger partial charge in [-0.2, -0.15) is 0 Å². The smallest absolute Gasteiger partial charge is 0.340 e. The normalized spacial score (nSPS) is 12.0. The van der Waals surface area contributed by atoms with Crippen molar-refractivity contribution in [3.8, 4) is 0 Å². The van der Waals surface area contributed by atoms with E-state index in [9.17, 15) is 23.3 Å². The van der Waals surface area contributed by atoms with E-state index in [-0.39, 0.29) is 0 Å². The molecule has 0 aliphatic carbocycles. The van der Waals surface area contributed by atoms with E-state index in [1.54, 1.807) is 20.8 Å². The van der Waals surface area contributed by atoms with Crippen molar-refractivity contribution in [2.45, 2.75) is 31.3 Å².